The minimum Gasteiger partial charge on any atom is -0.459 e. The van der Waals surface area contributed by atoms with Crippen LogP contribution in [0.4, 0.5) is 5.69 Å². The number of aryl methyl sites for hydroxylation is 2. The van der Waals surface area contributed by atoms with Gasteiger partial charge >= 0.3 is 0 Å². The first-order valence-corrected chi connectivity index (χ1v) is 12.9. The van der Waals surface area contributed by atoms with Crippen LogP contribution in [0.25, 0.3) is 11.3 Å². The van der Waals surface area contributed by atoms with Crippen LogP contribution in [0.3, 0.4) is 0 Å². The van der Waals surface area contributed by atoms with E-state index in [9.17, 15) is 4.79 Å². The summed E-state index contributed by atoms with van der Waals surface area (Å²) in [6, 6.07) is 22.7. The number of benzene rings is 2. The van der Waals surface area contributed by atoms with Gasteiger partial charge in [-0.05, 0) is 85.7 Å². The summed E-state index contributed by atoms with van der Waals surface area (Å²) < 4.78 is 6.41. The fourth-order valence-electron chi connectivity index (χ4n) is 4.64. The van der Waals surface area contributed by atoms with Gasteiger partial charge in [0.1, 0.15) is 17.6 Å². The number of hydrogen-bond acceptors (Lipinski definition) is 4. The number of furan rings is 1. The highest BCUT2D eigenvalue weighted by atomic mass is 35.5. The number of hydrogen-bond donors (Lipinski definition) is 2. The first-order valence-electron chi connectivity index (χ1n) is 12.1. The van der Waals surface area contributed by atoms with Crippen molar-refractivity contribution >= 4 is 40.5 Å². The molecule has 0 radical (unpaired) electrons. The van der Waals surface area contributed by atoms with E-state index in [0.29, 0.717) is 16.7 Å². The van der Waals surface area contributed by atoms with Crippen molar-refractivity contribution in [3.63, 3.8) is 0 Å². The normalized spacial score (nSPS) is 17.1. The molecule has 1 saturated heterocycles. The highest BCUT2D eigenvalue weighted by molar-refractivity contribution is 7.80. The number of carbonyl (C=O) groups excluding carboxylic acids is 1. The fourth-order valence-corrected chi connectivity index (χ4v) is 5.14. The van der Waals surface area contributed by atoms with E-state index < -0.39 is 0 Å². The number of carbonyl (C=O) groups is 1. The van der Waals surface area contributed by atoms with E-state index in [1.54, 1.807) is 6.20 Å². The van der Waals surface area contributed by atoms with Crippen LogP contribution in [0.1, 0.15) is 41.1 Å². The van der Waals surface area contributed by atoms with Crippen LogP contribution in [0.2, 0.25) is 5.02 Å². The van der Waals surface area contributed by atoms with Gasteiger partial charge in [-0.3, -0.25) is 9.78 Å². The Morgan fingerprint density at radius 2 is 1.97 bits per heavy atom. The minimum atomic E-state index is -0.276. The zero-order valence-corrected chi connectivity index (χ0v) is 22.1. The lowest BCUT2D eigenvalue weighted by molar-refractivity contribution is -0.116. The lowest BCUT2D eigenvalue weighted by Gasteiger charge is -2.26. The molecule has 1 fully saturated rings. The second-order valence-corrected chi connectivity index (χ2v) is 9.97. The Kier molecular flexibility index (Phi) is 7.26. The summed E-state index contributed by atoms with van der Waals surface area (Å²) in [7, 11) is 0. The van der Waals surface area contributed by atoms with Crippen molar-refractivity contribution in [1.82, 2.24) is 15.2 Å². The van der Waals surface area contributed by atoms with Crippen molar-refractivity contribution < 1.29 is 9.21 Å². The topological polar surface area (TPSA) is 70.4 Å². The van der Waals surface area contributed by atoms with Crippen molar-refractivity contribution in [3.05, 3.63) is 107 Å². The molecule has 0 saturated carbocycles. The monoisotopic (exact) mass is 530 g/mol. The van der Waals surface area contributed by atoms with E-state index in [2.05, 4.69) is 15.6 Å². The number of pyridine rings is 1. The summed E-state index contributed by atoms with van der Waals surface area (Å²) >= 11 is 12.0. The number of aromatic nitrogens is 1. The molecule has 8 heteroatoms. The lowest BCUT2D eigenvalue weighted by Crippen LogP contribution is -2.32. The fraction of sp³-hybridized carbons (Fsp3) is 0.207. The molecule has 2 aromatic carbocycles. The average molecular weight is 531 g/mol. The van der Waals surface area contributed by atoms with Crippen LogP contribution in [0.5, 0.6) is 0 Å². The number of rotatable bonds is 7. The van der Waals surface area contributed by atoms with Crippen LogP contribution in [0.15, 0.2) is 83.4 Å². The van der Waals surface area contributed by atoms with Gasteiger partial charge in [-0.1, -0.05) is 35.9 Å². The summed E-state index contributed by atoms with van der Waals surface area (Å²) in [5.74, 6) is 1.38. The van der Waals surface area contributed by atoms with Crippen LogP contribution in [-0.4, -0.2) is 27.4 Å². The molecule has 2 aromatic heterocycles. The highest BCUT2D eigenvalue weighted by Gasteiger charge is 2.41. The van der Waals surface area contributed by atoms with E-state index in [-0.39, 0.29) is 24.4 Å². The number of nitrogens with one attached hydrogen (secondary N) is 2. The molecular formula is C29H27ClN4O2S. The second kappa shape index (κ2) is 10.7. The minimum absolute atomic E-state index is 0.0804. The van der Waals surface area contributed by atoms with E-state index in [1.807, 2.05) is 91.5 Å². The SMILES string of the molecule is Cc1cccc(NC(=O)CCN2C(=S)N[C@H](c3ccccn3)[C@@H]2c2ccc(-c3cc(Cl)ccc3C)o2)c1. The van der Waals surface area contributed by atoms with Crippen LogP contribution < -0.4 is 10.6 Å². The first kappa shape index (κ1) is 25.0. The number of halogens is 1. The maximum absolute atomic E-state index is 12.8. The third-order valence-electron chi connectivity index (χ3n) is 6.46. The Bertz CT molecular complexity index is 1440. The van der Waals surface area contributed by atoms with Gasteiger partial charge in [-0.25, -0.2) is 0 Å². The molecule has 0 aliphatic carbocycles. The standard InChI is InChI=1S/C29H27ClN4O2S/c1-18-6-5-7-21(16-18)32-26(35)13-15-34-28(27(33-29(34)37)23-8-3-4-14-31-23)25-12-11-24(36-25)22-17-20(30)10-9-19(22)2/h3-12,14,16-17,27-28H,13,15H2,1-2H3,(H,32,35)(H,33,37)/t27-,28+/m1/s1. The molecule has 1 aliphatic heterocycles. The Morgan fingerprint density at radius 1 is 1.11 bits per heavy atom. The second-order valence-electron chi connectivity index (χ2n) is 9.15. The molecule has 5 rings (SSSR count). The van der Waals surface area contributed by atoms with Crippen molar-refractivity contribution in [2.75, 3.05) is 11.9 Å². The van der Waals surface area contributed by atoms with Gasteiger partial charge in [-0.2, -0.15) is 0 Å². The summed E-state index contributed by atoms with van der Waals surface area (Å²) in [5, 5.41) is 7.58. The largest absolute Gasteiger partial charge is 0.459 e. The van der Waals surface area contributed by atoms with Crippen LogP contribution in [0, 0.1) is 13.8 Å². The number of anilines is 1. The molecule has 6 nitrogen and oxygen atoms in total. The molecule has 2 N–H and O–H groups in total. The summed E-state index contributed by atoms with van der Waals surface area (Å²) in [6.07, 6.45) is 2.03. The number of amides is 1. The molecule has 3 heterocycles. The first-order chi connectivity index (χ1) is 17.9. The molecule has 0 spiro atoms. The van der Waals surface area contributed by atoms with Crippen molar-refractivity contribution in [2.45, 2.75) is 32.4 Å². The molecule has 1 amide bonds. The molecule has 4 aromatic rings. The van der Waals surface area contributed by atoms with E-state index >= 15 is 0 Å². The number of nitrogens with zero attached hydrogens (tertiary/aromatic N) is 2. The maximum Gasteiger partial charge on any atom is 0.226 e. The maximum atomic E-state index is 12.8. The average Bonchev–Trinajstić information content (AvgIpc) is 3.49. The summed E-state index contributed by atoms with van der Waals surface area (Å²) in [4.78, 5) is 19.4. The van der Waals surface area contributed by atoms with Gasteiger partial charge in [0, 0.05) is 35.4 Å². The predicted molar refractivity (Wildman–Crippen MR) is 150 cm³/mol. The van der Waals surface area contributed by atoms with Gasteiger partial charge in [0.25, 0.3) is 0 Å². The Hall–Kier alpha value is -3.68. The van der Waals surface area contributed by atoms with Gasteiger partial charge < -0.3 is 20.0 Å². The van der Waals surface area contributed by atoms with Gasteiger partial charge in [0.2, 0.25) is 5.91 Å². The molecule has 1 aliphatic rings. The molecule has 188 valence electrons. The third kappa shape index (κ3) is 5.53. The van der Waals surface area contributed by atoms with Crippen molar-refractivity contribution in [2.24, 2.45) is 0 Å². The van der Waals surface area contributed by atoms with E-state index in [0.717, 1.165) is 39.6 Å². The third-order valence-corrected chi connectivity index (χ3v) is 7.05. The summed E-state index contributed by atoms with van der Waals surface area (Å²) in [6.45, 7) is 4.44. The predicted octanol–water partition coefficient (Wildman–Crippen LogP) is 6.61. The molecular weight excluding hydrogens is 504 g/mol. The molecule has 2 atom stereocenters. The zero-order chi connectivity index (χ0) is 25.9. The lowest BCUT2D eigenvalue weighted by atomic mass is 10.0. The Labute approximate surface area is 226 Å². The quantitative estimate of drug-likeness (QED) is 0.262. The smallest absolute Gasteiger partial charge is 0.226 e. The molecule has 0 unspecified atom stereocenters. The van der Waals surface area contributed by atoms with Crippen LogP contribution in [-0.2, 0) is 4.79 Å². The Morgan fingerprint density at radius 3 is 2.76 bits per heavy atom. The highest BCUT2D eigenvalue weighted by Crippen LogP contribution is 2.41. The van der Waals surface area contributed by atoms with Crippen LogP contribution >= 0.6 is 23.8 Å². The molecule has 37 heavy (non-hydrogen) atoms. The van der Waals surface area contributed by atoms with Gasteiger partial charge in [0.15, 0.2) is 5.11 Å². The Balaban J connectivity index is 1.41. The van der Waals surface area contributed by atoms with Crippen molar-refractivity contribution in [1.29, 1.82) is 0 Å². The summed E-state index contributed by atoms with van der Waals surface area (Å²) in [5.41, 5.74) is 4.72. The number of thiocarbonyl (C=S) groups is 1. The zero-order valence-electron chi connectivity index (χ0n) is 20.6. The molecule has 0 bridgehead atoms. The van der Waals surface area contributed by atoms with Gasteiger partial charge in [-0.15, -0.1) is 0 Å². The van der Waals surface area contributed by atoms with Gasteiger partial charge in [0.05, 0.1) is 11.7 Å². The van der Waals surface area contributed by atoms with E-state index in [4.69, 9.17) is 28.2 Å². The van der Waals surface area contributed by atoms with E-state index in [1.165, 1.54) is 0 Å². The van der Waals surface area contributed by atoms with Crippen molar-refractivity contribution in [3.8, 4) is 11.3 Å².